The number of hydrogen-bond acceptors (Lipinski definition) is 4. The van der Waals surface area contributed by atoms with Crippen LogP contribution in [-0.2, 0) is 17.8 Å². The molecule has 0 aliphatic heterocycles. The molecule has 158 valence electrons. The van der Waals surface area contributed by atoms with Crippen LogP contribution in [0, 0.1) is 6.92 Å². The van der Waals surface area contributed by atoms with Gasteiger partial charge in [-0.1, -0.05) is 44.2 Å². The Bertz CT molecular complexity index is 1170. The number of esters is 1. The summed E-state index contributed by atoms with van der Waals surface area (Å²) >= 11 is 0. The van der Waals surface area contributed by atoms with Crippen molar-refractivity contribution in [1.29, 1.82) is 0 Å². The number of ether oxygens (including phenoxy) is 2. The minimum Gasteiger partial charge on any atom is -0.489 e. The Kier molecular flexibility index (Phi) is 6.08. The summed E-state index contributed by atoms with van der Waals surface area (Å²) in [4.78, 5) is 12.5. The molecule has 0 saturated heterocycles. The predicted octanol–water partition coefficient (Wildman–Crippen LogP) is 6.59. The van der Waals surface area contributed by atoms with E-state index in [-0.39, 0.29) is 12.4 Å². The highest BCUT2D eigenvalue weighted by Crippen LogP contribution is 2.29. The van der Waals surface area contributed by atoms with E-state index in [1.165, 1.54) is 11.1 Å². The summed E-state index contributed by atoms with van der Waals surface area (Å²) in [5.41, 5.74) is 5.19. The monoisotopic (exact) mass is 414 g/mol. The zero-order chi connectivity index (χ0) is 21.8. The topological polar surface area (TPSA) is 48.7 Å². The van der Waals surface area contributed by atoms with E-state index in [4.69, 9.17) is 13.9 Å². The number of rotatable bonds is 7. The van der Waals surface area contributed by atoms with Crippen LogP contribution in [-0.4, -0.2) is 5.97 Å². The summed E-state index contributed by atoms with van der Waals surface area (Å²) in [6, 6.07) is 21.2. The van der Waals surface area contributed by atoms with E-state index in [2.05, 4.69) is 26.8 Å². The molecule has 0 atom stereocenters. The summed E-state index contributed by atoms with van der Waals surface area (Å²) in [6.45, 7) is 6.90. The lowest BCUT2D eigenvalue weighted by molar-refractivity contribution is -0.133. The normalized spacial score (nSPS) is 11.1. The molecule has 0 bridgehead atoms. The number of carbonyl (C=O) groups excluding carboxylic acids is 1. The average molecular weight is 415 g/mol. The van der Waals surface area contributed by atoms with Crippen LogP contribution in [0.2, 0.25) is 0 Å². The number of hydrogen-bond donors (Lipinski definition) is 0. The highest BCUT2D eigenvalue weighted by Gasteiger charge is 2.15. The third-order valence-corrected chi connectivity index (χ3v) is 5.30. The van der Waals surface area contributed by atoms with E-state index in [9.17, 15) is 4.79 Å². The van der Waals surface area contributed by atoms with Crippen LogP contribution in [0.3, 0.4) is 0 Å². The number of fused-ring (bicyclic) bond motifs is 1. The maximum atomic E-state index is 12.5. The Labute approximate surface area is 182 Å². The maximum absolute atomic E-state index is 12.5. The smallest absolute Gasteiger partial charge is 0.315 e. The van der Waals surface area contributed by atoms with Gasteiger partial charge >= 0.3 is 5.97 Å². The first-order valence-corrected chi connectivity index (χ1v) is 10.5. The van der Waals surface area contributed by atoms with Gasteiger partial charge in [-0.3, -0.25) is 4.79 Å². The van der Waals surface area contributed by atoms with Crippen LogP contribution in [0.5, 0.6) is 11.5 Å². The summed E-state index contributed by atoms with van der Waals surface area (Å²) in [5, 5.41) is 0.968. The van der Waals surface area contributed by atoms with Crippen LogP contribution < -0.4 is 9.47 Å². The highest BCUT2D eigenvalue weighted by atomic mass is 16.5. The number of furan rings is 1. The van der Waals surface area contributed by atoms with E-state index in [0.717, 1.165) is 27.8 Å². The standard InChI is InChI=1S/C27H26O4/c1-18(2)24-15-25-21(17-30-26(25)13-19(24)3)14-27(28)31-23-11-9-22(10-12-23)29-16-20-7-5-4-6-8-20/h4-13,15,17-18H,14,16H2,1-3H3. The molecule has 4 aromatic rings. The largest absolute Gasteiger partial charge is 0.489 e. The molecule has 3 aromatic carbocycles. The fourth-order valence-electron chi connectivity index (χ4n) is 3.67. The number of carbonyl (C=O) groups is 1. The first kappa shape index (κ1) is 20.7. The second-order valence-electron chi connectivity index (χ2n) is 8.02. The Hall–Kier alpha value is -3.53. The second-order valence-corrected chi connectivity index (χ2v) is 8.02. The maximum Gasteiger partial charge on any atom is 0.315 e. The van der Waals surface area contributed by atoms with Crippen molar-refractivity contribution in [3.05, 3.63) is 95.2 Å². The molecular weight excluding hydrogens is 388 g/mol. The first-order chi connectivity index (χ1) is 15.0. The van der Waals surface area contributed by atoms with Crippen molar-refractivity contribution < 1.29 is 18.7 Å². The number of aryl methyl sites for hydroxylation is 1. The SMILES string of the molecule is Cc1cc2occ(CC(=O)Oc3ccc(OCc4ccccc4)cc3)c2cc1C(C)C. The summed E-state index contributed by atoms with van der Waals surface area (Å²) < 4.78 is 17.0. The molecule has 0 N–H and O–H groups in total. The molecule has 0 unspecified atom stereocenters. The molecule has 0 aliphatic carbocycles. The van der Waals surface area contributed by atoms with Crippen molar-refractivity contribution in [3.63, 3.8) is 0 Å². The van der Waals surface area contributed by atoms with Gasteiger partial charge in [0.05, 0.1) is 12.7 Å². The lowest BCUT2D eigenvalue weighted by Gasteiger charge is -2.10. The molecule has 0 aliphatic rings. The van der Waals surface area contributed by atoms with Gasteiger partial charge in [0, 0.05) is 10.9 Å². The van der Waals surface area contributed by atoms with E-state index >= 15 is 0 Å². The molecule has 1 heterocycles. The Balaban J connectivity index is 1.39. The van der Waals surface area contributed by atoms with Crippen molar-refractivity contribution in [2.75, 3.05) is 0 Å². The third-order valence-electron chi connectivity index (χ3n) is 5.30. The van der Waals surface area contributed by atoms with Crippen molar-refractivity contribution in [3.8, 4) is 11.5 Å². The highest BCUT2D eigenvalue weighted by molar-refractivity contribution is 5.87. The molecule has 31 heavy (non-hydrogen) atoms. The minimum absolute atomic E-state index is 0.153. The first-order valence-electron chi connectivity index (χ1n) is 10.5. The Morgan fingerprint density at radius 2 is 1.68 bits per heavy atom. The van der Waals surface area contributed by atoms with E-state index in [0.29, 0.717) is 18.3 Å². The van der Waals surface area contributed by atoms with Crippen LogP contribution in [0.1, 0.15) is 42.0 Å². The fraction of sp³-hybridized carbons (Fsp3) is 0.222. The van der Waals surface area contributed by atoms with Gasteiger partial charge in [0.25, 0.3) is 0 Å². The molecule has 4 nitrogen and oxygen atoms in total. The summed E-state index contributed by atoms with van der Waals surface area (Å²) in [5.74, 6) is 1.29. The Morgan fingerprint density at radius 1 is 0.968 bits per heavy atom. The average Bonchev–Trinajstić information content (AvgIpc) is 3.14. The van der Waals surface area contributed by atoms with Gasteiger partial charge in [-0.05, 0) is 65.9 Å². The Morgan fingerprint density at radius 3 is 2.39 bits per heavy atom. The fourth-order valence-corrected chi connectivity index (χ4v) is 3.67. The molecule has 0 spiro atoms. The zero-order valence-corrected chi connectivity index (χ0v) is 18.1. The van der Waals surface area contributed by atoms with E-state index in [1.54, 1.807) is 30.5 Å². The van der Waals surface area contributed by atoms with Gasteiger partial charge in [0.1, 0.15) is 23.7 Å². The molecule has 4 heteroatoms. The lowest BCUT2D eigenvalue weighted by Crippen LogP contribution is -2.11. The second kappa shape index (κ2) is 9.09. The van der Waals surface area contributed by atoms with Crippen LogP contribution in [0.15, 0.2) is 77.4 Å². The van der Waals surface area contributed by atoms with Crippen molar-refractivity contribution in [2.24, 2.45) is 0 Å². The van der Waals surface area contributed by atoms with Gasteiger partial charge < -0.3 is 13.9 Å². The lowest BCUT2D eigenvalue weighted by atomic mass is 9.95. The molecule has 0 fully saturated rings. The number of benzene rings is 3. The quantitative estimate of drug-likeness (QED) is 0.253. The summed E-state index contributed by atoms with van der Waals surface area (Å²) in [6.07, 6.45) is 1.80. The van der Waals surface area contributed by atoms with Crippen molar-refractivity contribution in [1.82, 2.24) is 0 Å². The molecule has 1 aromatic heterocycles. The molecule has 0 amide bonds. The zero-order valence-electron chi connectivity index (χ0n) is 18.1. The van der Waals surface area contributed by atoms with Crippen LogP contribution >= 0.6 is 0 Å². The minimum atomic E-state index is -0.327. The van der Waals surface area contributed by atoms with Crippen molar-refractivity contribution >= 4 is 16.9 Å². The van der Waals surface area contributed by atoms with Crippen LogP contribution in [0.4, 0.5) is 0 Å². The van der Waals surface area contributed by atoms with Gasteiger partial charge in [-0.15, -0.1) is 0 Å². The van der Waals surface area contributed by atoms with Crippen LogP contribution in [0.25, 0.3) is 11.0 Å². The van der Waals surface area contributed by atoms with E-state index < -0.39 is 0 Å². The molecule has 4 rings (SSSR count). The summed E-state index contributed by atoms with van der Waals surface area (Å²) in [7, 11) is 0. The van der Waals surface area contributed by atoms with Gasteiger partial charge in [-0.25, -0.2) is 0 Å². The third kappa shape index (κ3) is 4.97. The van der Waals surface area contributed by atoms with Gasteiger partial charge in [0.15, 0.2) is 0 Å². The van der Waals surface area contributed by atoms with Gasteiger partial charge in [-0.2, -0.15) is 0 Å². The molecular formula is C27H26O4. The van der Waals surface area contributed by atoms with E-state index in [1.807, 2.05) is 36.4 Å². The van der Waals surface area contributed by atoms with Gasteiger partial charge in [0.2, 0.25) is 0 Å². The predicted molar refractivity (Wildman–Crippen MR) is 122 cm³/mol. The molecule has 0 radical (unpaired) electrons. The molecule has 0 saturated carbocycles. The van der Waals surface area contributed by atoms with Crippen molar-refractivity contribution in [2.45, 2.75) is 39.7 Å².